The number of nitrogens with zero attached hydrogens (tertiary/aromatic N) is 1. The highest BCUT2D eigenvalue weighted by molar-refractivity contribution is 8.00. The molecule has 4 nitrogen and oxygen atoms in total. The lowest BCUT2D eigenvalue weighted by Crippen LogP contribution is -2.34. The van der Waals surface area contributed by atoms with Crippen LogP contribution in [-0.2, 0) is 16.0 Å². The fraction of sp³-hybridized carbons (Fsp3) is 0.538. The molecule has 102 valence electrons. The van der Waals surface area contributed by atoms with Crippen LogP contribution >= 0.6 is 23.1 Å². The average Bonchev–Trinajstić information content (AvgIpc) is 3.06. The van der Waals surface area contributed by atoms with Gasteiger partial charge in [0.2, 0.25) is 5.91 Å². The van der Waals surface area contributed by atoms with E-state index in [0.717, 1.165) is 17.7 Å². The van der Waals surface area contributed by atoms with Crippen molar-refractivity contribution in [1.29, 1.82) is 0 Å². The number of carboxylic acids is 1. The molecule has 1 fully saturated rings. The zero-order valence-corrected chi connectivity index (χ0v) is 12.0. The number of carbonyl (C=O) groups is 2. The molecule has 2 aliphatic heterocycles. The first-order chi connectivity index (χ1) is 9.16. The van der Waals surface area contributed by atoms with E-state index < -0.39 is 5.97 Å². The van der Waals surface area contributed by atoms with Crippen molar-refractivity contribution in [3.8, 4) is 0 Å². The fourth-order valence-electron chi connectivity index (χ4n) is 2.68. The molecule has 1 aromatic rings. The van der Waals surface area contributed by atoms with Gasteiger partial charge in [-0.1, -0.05) is 0 Å². The topological polar surface area (TPSA) is 57.6 Å². The first kappa shape index (κ1) is 13.0. The fourth-order valence-corrected chi connectivity index (χ4v) is 5.05. The van der Waals surface area contributed by atoms with Crippen molar-refractivity contribution in [2.24, 2.45) is 5.92 Å². The molecule has 1 aromatic heterocycles. The van der Waals surface area contributed by atoms with E-state index in [1.165, 1.54) is 4.88 Å². The summed E-state index contributed by atoms with van der Waals surface area (Å²) >= 11 is 3.40. The van der Waals surface area contributed by atoms with Gasteiger partial charge in [0.15, 0.2) is 0 Å². The van der Waals surface area contributed by atoms with Crippen molar-refractivity contribution in [3.63, 3.8) is 0 Å². The van der Waals surface area contributed by atoms with Crippen LogP contribution in [0.25, 0.3) is 0 Å². The highest BCUT2D eigenvalue weighted by Crippen LogP contribution is 2.41. The summed E-state index contributed by atoms with van der Waals surface area (Å²) in [4.78, 5) is 26.5. The Labute approximate surface area is 119 Å². The molecule has 0 bridgehead atoms. The third kappa shape index (κ3) is 2.39. The maximum atomic E-state index is 12.5. The normalized spacial score (nSPS) is 26.2. The molecule has 2 aliphatic rings. The van der Waals surface area contributed by atoms with Gasteiger partial charge in [0.25, 0.3) is 0 Å². The van der Waals surface area contributed by atoms with Crippen LogP contribution in [0.2, 0.25) is 0 Å². The Morgan fingerprint density at radius 2 is 2.26 bits per heavy atom. The summed E-state index contributed by atoms with van der Waals surface area (Å²) in [5, 5.41) is 10.9. The van der Waals surface area contributed by atoms with Crippen LogP contribution in [0.1, 0.15) is 22.1 Å². The molecule has 1 saturated heterocycles. The van der Waals surface area contributed by atoms with Gasteiger partial charge in [-0.25, -0.2) is 0 Å². The number of hydrogen-bond acceptors (Lipinski definition) is 4. The molecule has 6 heteroatoms. The second kappa shape index (κ2) is 5.17. The molecule has 1 N–H and O–H groups in total. The van der Waals surface area contributed by atoms with Gasteiger partial charge in [0, 0.05) is 18.0 Å². The molecule has 0 aromatic carbocycles. The van der Waals surface area contributed by atoms with Crippen molar-refractivity contribution in [2.75, 3.05) is 18.8 Å². The number of rotatable bonds is 2. The summed E-state index contributed by atoms with van der Waals surface area (Å²) in [6, 6.07) is 2.04. The highest BCUT2D eigenvalue weighted by Gasteiger charge is 2.36. The van der Waals surface area contributed by atoms with Crippen LogP contribution in [0.4, 0.5) is 0 Å². The Hall–Kier alpha value is -1.01. The minimum Gasteiger partial charge on any atom is -0.481 e. The number of fused-ring (bicyclic) bond motifs is 1. The molecule has 0 radical (unpaired) electrons. The number of thioether (sulfide) groups is 1. The predicted octanol–water partition coefficient (Wildman–Crippen LogP) is 2.01. The van der Waals surface area contributed by atoms with Gasteiger partial charge in [0.1, 0.15) is 5.25 Å². The lowest BCUT2D eigenvalue weighted by atomic mass is 10.1. The minimum absolute atomic E-state index is 0.0908. The molecule has 0 saturated carbocycles. The zero-order chi connectivity index (χ0) is 13.4. The van der Waals surface area contributed by atoms with Crippen molar-refractivity contribution in [1.82, 2.24) is 4.90 Å². The predicted molar refractivity (Wildman–Crippen MR) is 75.5 cm³/mol. The number of carboxylic acid groups (broad SMARTS) is 1. The Kier molecular flexibility index (Phi) is 3.54. The van der Waals surface area contributed by atoms with Crippen molar-refractivity contribution in [2.45, 2.75) is 18.1 Å². The van der Waals surface area contributed by atoms with E-state index in [1.54, 1.807) is 28.0 Å². The van der Waals surface area contributed by atoms with E-state index in [-0.39, 0.29) is 17.1 Å². The summed E-state index contributed by atoms with van der Waals surface area (Å²) < 4.78 is 0. The van der Waals surface area contributed by atoms with Crippen LogP contribution in [-0.4, -0.2) is 40.7 Å². The van der Waals surface area contributed by atoms with Gasteiger partial charge in [0.05, 0.1) is 5.92 Å². The van der Waals surface area contributed by atoms with Crippen LogP contribution in [0.3, 0.4) is 0 Å². The molecule has 2 atom stereocenters. The van der Waals surface area contributed by atoms with Gasteiger partial charge in [-0.2, -0.15) is 0 Å². The molecule has 3 heterocycles. The Morgan fingerprint density at radius 1 is 1.42 bits per heavy atom. The molecular weight excluding hydrogens is 282 g/mol. The van der Waals surface area contributed by atoms with E-state index in [0.29, 0.717) is 19.5 Å². The van der Waals surface area contributed by atoms with E-state index in [1.807, 2.05) is 11.4 Å². The number of hydrogen-bond donors (Lipinski definition) is 1. The van der Waals surface area contributed by atoms with E-state index in [9.17, 15) is 9.59 Å². The third-order valence-electron chi connectivity index (χ3n) is 3.75. The Balaban J connectivity index is 1.74. The maximum Gasteiger partial charge on any atom is 0.308 e. The number of likely N-dealkylation sites (tertiary alicyclic amines) is 1. The van der Waals surface area contributed by atoms with Crippen LogP contribution in [0.15, 0.2) is 11.4 Å². The lowest BCUT2D eigenvalue weighted by molar-refractivity contribution is -0.141. The third-order valence-corrected chi connectivity index (χ3v) is 5.97. The molecule has 19 heavy (non-hydrogen) atoms. The summed E-state index contributed by atoms with van der Waals surface area (Å²) in [5.41, 5.74) is 1.14. The van der Waals surface area contributed by atoms with Gasteiger partial charge in [-0.3, -0.25) is 9.59 Å². The quantitative estimate of drug-likeness (QED) is 0.907. The molecule has 0 aliphatic carbocycles. The molecule has 3 rings (SSSR count). The summed E-state index contributed by atoms with van der Waals surface area (Å²) in [6.07, 6.45) is 1.62. The molecular formula is C13H15NO3S2. The Bertz CT molecular complexity index is 514. The monoisotopic (exact) mass is 297 g/mol. The maximum absolute atomic E-state index is 12.5. The second-order valence-electron chi connectivity index (χ2n) is 4.91. The van der Waals surface area contributed by atoms with Gasteiger partial charge in [-0.15, -0.1) is 23.1 Å². The largest absolute Gasteiger partial charge is 0.481 e. The van der Waals surface area contributed by atoms with Gasteiger partial charge >= 0.3 is 5.97 Å². The molecule has 1 amide bonds. The van der Waals surface area contributed by atoms with E-state index in [4.69, 9.17) is 5.11 Å². The number of aliphatic carboxylic acids is 1. The van der Waals surface area contributed by atoms with Crippen molar-refractivity contribution in [3.05, 3.63) is 21.9 Å². The molecule has 0 spiro atoms. The number of aryl methyl sites for hydroxylation is 1. The second-order valence-corrected chi connectivity index (χ2v) is 7.12. The van der Waals surface area contributed by atoms with Crippen molar-refractivity contribution < 1.29 is 14.7 Å². The summed E-state index contributed by atoms with van der Waals surface area (Å²) in [7, 11) is 0. The van der Waals surface area contributed by atoms with E-state index >= 15 is 0 Å². The van der Waals surface area contributed by atoms with Gasteiger partial charge < -0.3 is 10.0 Å². The zero-order valence-electron chi connectivity index (χ0n) is 10.4. The number of carbonyl (C=O) groups excluding carboxylic acids is 1. The summed E-state index contributed by atoms with van der Waals surface area (Å²) in [6.45, 7) is 0.941. The Morgan fingerprint density at radius 3 is 3.00 bits per heavy atom. The van der Waals surface area contributed by atoms with E-state index in [2.05, 4.69) is 0 Å². The van der Waals surface area contributed by atoms with Crippen LogP contribution < -0.4 is 0 Å². The smallest absolute Gasteiger partial charge is 0.308 e. The summed E-state index contributed by atoms with van der Waals surface area (Å²) in [5.74, 6) is -0.115. The first-order valence-corrected chi connectivity index (χ1v) is 8.29. The minimum atomic E-state index is -0.789. The average molecular weight is 297 g/mol. The van der Waals surface area contributed by atoms with Crippen molar-refractivity contribution >= 4 is 35.0 Å². The van der Waals surface area contributed by atoms with Crippen LogP contribution in [0, 0.1) is 5.92 Å². The SMILES string of the molecule is O=C(O)[C@@H]1CCN(C(=O)[C@@H]2SCCc3sccc32)C1. The molecule has 0 unspecified atom stereocenters. The number of thiophene rings is 1. The van der Waals surface area contributed by atoms with Gasteiger partial charge in [-0.05, 0) is 35.6 Å². The lowest BCUT2D eigenvalue weighted by Gasteiger charge is -2.26. The first-order valence-electron chi connectivity index (χ1n) is 6.36. The number of amides is 1. The highest BCUT2D eigenvalue weighted by atomic mass is 32.2. The standard InChI is InChI=1S/C13H15NO3S2/c15-12(14-4-1-8(7-14)13(16)17)11-9-2-5-18-10(9)3-6-19-11/h2,5,8,11H,1,3-4,6-7H2,(H,16,17)/t8-,11-/m1/s1. The van der Waals surface area contributed by atoms with Crippen LogP contribution in [0.5, 0.6) is 0 Å².